The fourth-order valence-electron chi connectivity index (χ4n) is 2.07. The molecule has 2 rings (SSSR count). The van der Waals surface area contributed by atoms with Gasteiger partial charge in [-0.2, -0.15) is 13.2 Å². The Bertz CT molecular complexity index is 659. The van der Waals surface area contributed by atoms with E-state index in [2.05, 4.69) is 9.72 Å². The molecule has 0 spiro atoms. The van der Waals surface area contributed by atoms with Crippen LogP contribution in [0.4, 0.5) is 13.2 Å². The van der Waals surface area contributed by atoms with Crippen molar-refractivity contribution in [2.45, 2.75) is 26.1 Å². The Morgan fingerprint density at radius 3 is 2.50 bits per heavy atom. The summed E-state index contributed by atoms with van der Waals surface area (Å²) in [4.78, 5) is 15.0. The van der Waals surface area contributed by atoms with Crippen molar-refractivity contribution < 1.29 is 22.7 Å². The standard InChI is InChI=1S/C13H13F3N2O2/c1-7(2)18-10-5-4-8(11(19)20-3)6-9(10)17-12(18)13(14,15)16/h4-7H,1-3H3. The lowest BCUT2D eigenvalue weighted by atomic mass is 10.2. The van der Waals surface area contributed by atoms with Gasteiger partial charge in [-0.1, -0.05) is 0 Å². The number of nitrogens with zero attached hydrogens (tertiary/aromatic N) is 2. The van der Waals surface area contributed by atoms with Gasteiger partial charge in [0.25, 0.3) is 0 Å². The van der Waals surface area contributed by atoms with Gasteiger partial charge < -0.3 is 9.30 Å². The summed E-state index contributed by atoms with van der Waals surface area (Å²) in [5.41, 5.74) is 0.621. The number of hydrogen-bond acceptors (Lipinski definition) is 3. The van der Waals surface area contributed by atoms with Crippen LogP contribution in [0.2, 0.25) is 0 Å². The van der Waals surface area contributed by atoms with Gasteiger partial charge >= 0.3 is 12.1 Å². The van der Waals surface area contributed by atoms with Gasteiger partial charge in [-0.15, -0.1) is 0 Å². The minimum atomic E-state index is -4.55. The lowest BCUT2D eigenvalue weighted by Crippen LogP contribution is -2.16. The molecule has 0 saturated heterocycles. The molecule has 2 aromatic rings. The highest BCUT2D eigenvalue weighted by Gasteiger charge is 2.38. The molecule has 0 aliphatic heterocycles. The second-order valence-corrected chi connectivity index (χ2v) is 4.59. The number of esters is 1. The van der Waals surface area contributed by atoms with Crippen LogP contribution in [0.5, 0.6) is 0 Å². The molecule has 0 unspecified atom stereocenters. The summed E-state index contributed by atoms with van der Waals surface area (Å²) in [7, 11) is 1.21. The van der Waals surface area contributed by atoms with E-state index in [0.717, 1.165) is 4.57 Å². The molecular formula is C13H13F3N2O2. The van der Waals surface area contributed by atoms with Crippen molar-refractivity contribution in [2.75, 3.05) is 7.11 Å². The van der Waals surface area contributed by atoms with Gasteiger partial charge in [-0.25, -0.2) is 9.78 Å². The van der Waals surface area contributed by atoms with Crippen molar-refractivity contribution >= 4 is 17.0 Å². The number of carbonyl (C=O) groups is 1. The maximum Gasteiger partial charge on any atom is 0.449 e. The van der Waals surface area contributed by atoms with Crippen molar-refractivity contribution in [3.05, 3.63) is 29.6 Å². The number of rotatable bonds is 2. The summed E-state index contributed by atoms with van der Waals surface area (Å²) in [6.07, 6.45) is -4.55. The third-order valence-corrected chi connectivity index (χ3v) is 2.88. The van der Waals surface area contributed by atoms with Crippen molar-refractivity contribution in [3.8, 4) is 0 Å². The van der Waals surface area contributed by atoms with Gasteiger partial charge in [0, 0.05) is 6.04 Å². The molecule has 0 fully saturated rings. The Balaban J connectivity index is 2.71. The molecule has 1 heterocycles. The molecule has 0 aliphatic carbocycles. The fourth-order valence-corrected chi connectivity index (χ4v) is 2.07. The number of aromatic nitrogens is 2. The monoisotopic (exact) mass is 286 g/mol. The number of halogens is 3. The summed E-state index contributed by atoms with van der Waals surface area (Å²) < 4.78 is 44.6. The number of carbonyl (C=O) groups excluding carboxylic acids is 1. The van der Waals surface area contributed by atoms with Crippen molar-refractivity contribution in [1.82, 2.24) is 9.55 Å². The number of imidazole rings is 1. The van der Waals surface area contributed by atoms with Gasteiger partial charge in [0.2, 0.25) is 5.82 Å². The number of alkyl halides is 3. The zero-order valence-electron chi connectivity index (χ0n) is 11.2. The smallest absolute Gasteiger partial charge is 0.449 e. The van der Waals surface area contributed by atoms with Gasteiger partial charge in [0.1, 0.15) is 0 Å². The average Bonchev–Trinajstić information content (AvgIpc) is 2.76. The summed E-state index contributed by atoms with van der Waals surface area (Å²) in [5.74, 6) is -1.58. The molecule has 0 aliphatic rings. The molecule has 0 N–H and O–H groups in total. The Labute approximate surface area is 113 Å². The number of benzene rings is 1. The van der Waals surface area contributed by atoms with Gasteiger partial charge in [-0.05, 0) is 32.0 Å². The molecule has 0 saturated carbocycles. The Morgan fingerprint density at radius 2 is 2.00 bits per heavy atom. The van der Waals surface area contributed by atoms with E-state index in [1.807, 2.05) is 0 Å². The first kappa shape index (κ1) is 14.4. The van der Waals surface area contributed by atoms with Crippen LogP contribution in [0.1, 0.15) is 36.1 Å². The summed E-state index contributed by atoms with van der Waals surface area (Å²) in [5, 5.41) is 0. The zero-order chi connectivity index (χ0) is 15.1. The van der Waals surface area contributed by atoms with Crippen LogP contribution in [0, 0.1) is 0 Å². The Kier molecular flexibility index (Phi) is 3.45. The maximum absolute atomic E-state index is 13.0. The topological polar surface area (TPSA) is 44.1 Å². The molecule has 0 atom stereocenters. The fraction of sp³-hybridized carbons (Fsp3) is 0.385. The van der Waals surface area contributed by atoms with E-state index < -0.39 is 24.0 Å². The number of methoxy groups -OCH3 is 1. The normalized spacial score (nSPS) is 12.2. The minimum Gasteiger partial charge on any atom is -0.465 e. The van der Waals surface area contributed by atoms with Crippen molar-refractivity contribution in [1.29, 1.82) is 0 Å². The largest absolute Gasteiger partial charge is 0.465 e. The third kappa shape index (κ3) is 2.35. The van der Waals surface area contributed by atoms with E-state index in [1.165, 1.54) is 25.3 Å². The molecule has 0 amide bonds. The first-order valence-corrected chi connectivity index (χ1v) is 5.93. The molecule has 20 heavy (non-hydrogen) atoms. The van der Waals surface area contributed by atoms with Crippen molar-refractivity contribution in [3.63, 3.8) is 0 Å². The van der Waals surface area contributed by atoms with Crippen LogP contribution < -0.4 is 0 Å². The van der Waals surface area contributed by atoms with E-state index in [4.69, 9.17) is 0 Å². The summed E-state index contributed by atoms with van der Waals surface area (Å²) >= 11 is 0. The van der Waals surface area contributed by atoms with Crippen LogP contribution in [-0.2, 0) is 10.9 Å². The third-order valence-electron chi connectivity index (χ3n) is 2.88. The first-order valence-electron chi connectivity index (χ1n) is 5.93. The first-order chi connectivity index (χ1) is 9.25. The molecule has 0 radical (unpaired) electrons. The molecule has 1 aromatic carbocycles. The van der Waals surface area contributed by atoms with Gasteiger partial charge in [0.15, 0.2) is 0 Å². The lowest BCUT2D eigenvalue weighted by Gasteiger charge is -2.14. The van der Waals surface area contributed by atoms with Gasteiger partial charge in [-0.3, -0.25) is 0 Å². The Hall–Kier alpha value is -2.05. The van der Waals surface area contributed by atoms with E-state index in [1.54, 1.807) is 13.8 Å². The Morgan fingerprint density at radius 1 is 1.35 bits per heavy atom. The summed E-state index contributed by atoms with van der Waals surface area (Å²) in [6.45, 7) is 3.29. The van der Waals surface area contributed by atoms with Crippen LogP contribution in [-0.4, -0.2) is 22.6 Å². The predicted molar refractivity (Wildman–Crippen MR) is 66.5 cm³/mol. The van der Waals surface area contributed by atoms with Crippen LogP contribution >= 0.6 is 0 Å². The average molecular weight is 286 g/mol. The number of hydrogen-bond donors (Lipinski definition) is 0. The molecule has 4 nitrogen and oxygen atoms in total. The highest BCUT2D eigenvalue weighted by molar-refractivity contribution is 5.93. The molecule has 1 aromatic heterocycles. The number of ether oxygens (including phenoxy) is 1. The second kappa shape index (κ2) is 4.81. The lowest BCUT2D eigenvalue weighted by molar-refractivity contribution is -0.147. The van der Waals surface area contributed by atoms with Crippen molar-refractivity contribution in [2.24, 2.45) is 0 Å². The number of fused-ring (bicyclic) bond motifs is 1. The predicted octanol–water partition coefficient (Wildman–Crippen LogP) is 3.42. The van der Waals surface area contributed by atoms with Crippen LogP contribution in [0.3, 0.4) is 0 Å². The summed E-state index contributed by atoms with van der Waals surface area (Å²) in [6, 6.07) is 3.77. The van der Waals surface area contributed by atoms with E-state index in [9.17, 15) is 18.0 Å². The van der Waals surface area contributed by atoms with E-state index >= 15 is 0 Å². The van der Waals surface area contributed by atoms with Crippen LogP contribution in [0.25, 0.3) is 11.0 Å². The maximum atomic E-state index is 13.0. The highest BCUT2D eigenvalue weighted by atomic mass is 19.4. The molecule has 7 heteroatoms. The van der Waals surface area contributed by atoms with E-state index in [0.29, 0.717) is 5.52 Å². The quantitative estimate of drug-likeness (QED) is 0.794. The second-order valence-electron chi connectivity index (χ2n) is 4.59. The van der Waals surface area contributed by atoms with E-state index in [-0.39, 0.29) is 11.1 Å². The molecule has 108 valence electrons. The SMILES string of the molecule is COC(=O)c1ccc2c(c1)nc(C(F)(F)F)n2C(C)C. The van der Waals surface area contributed by atoms with Crippen LogP contribution in [0.15, 0.2) is 18.2 Å². The highest BCUT2D eigenvalue weighted by Crippen LogP contribution is 2.33. The molecule has 0 bridgehead atoms. The minimum absolute atomic E-state index is 0.119. The zero-order valence-corrected chi connectivity index (χ0v) is 11.2. The van der Waals surface area contributed by atoms with Gasteiger partial charge in [0.05, 0.1) is 23.7 Å². The molecular weight excluding hydrogens is 273 g/mol.